The molecule has 3 heterocycles. The molecule has 0 radical (unpaired) electrons. The van der Waals surface area contributed by atoms with Crippen molar-refractivity contribution in [2.45, 2.75) is 26.8 Å². The van der Waals surface area contributed by atoms with Crippen molar-refractivity contribution in [2.24, 2.45) is 0 Å². The van der Waals surface area contributed by atoms with Gasteiger partial charge in [-0.05, 0) is 38.6 Å². The number of rotatable bonds is 10. The molecule has 3 N–H and O–H groups in total. The van der Waals surface area contributed by atoms with Gasteiger partial charge >= 0.3 is 0 Å². The van der Waals surface area contributed by atoms with Crippen molar-refractivity contribution in [1.29, 1.82) is 0 Å². The molecular formula is C28H36N8O2. The zero-order chi connectivity index (χ0) is 26.7. The average molecular weight is 517 g/mol. The molecule has 0 saturated carbocycles. The average Bonchev–Trinajstić information content (AvgIpc) is 3.11. The van der Waals surface area contributed by atoms with Crippen molar-refractivity contribution in [3.63, 3.8) is 0 Å². The van der Waals surface area contributed by atoms with Crippen LogP contribution in [0.15, 0.2) is 54.6 Å². The molecule has 4 rings (SSSR count). The fourth-order valence-corrected chi connectivity index (χ4v) is 4.39. The summed E-state index contributed by atoms with van der Waals surface area (Å²) in [5.41, 5.74) is 2.96. The van der Waals surface area contributed by atoms with Gasteiger partial charge in [0.1, 0.15) is 11.6 Å². The van der Waals surface area contributed by atoms with Gasteiger partial charge in [-0.1, -0.05) is 36.4 Å². The standard InChI is InChI=1S/C28H36N8O2/c1-21-8-6-11-24(31-21)19-35-14-7-15-36(17-16-35)20-27(38)32-26-18-25(30-13-12-29-22(2)37)33-28(34-26)23-9-4-3-5-10-23/h3-6,8-11,18H,7,12-17,19-20H2,1-2H3,(H,29,37)(H2,30,32,33,34,38). The van der Waals surface area contributed by atoms with E-state index in [2.05, 4.69) is 46.8 Å². The van der Waals surface area contributed by atoms with Crippen molar-refractivity contribution in [1.82, 2.24) is 30.1 Å². The van der Waals surface area contributed by atoms with E-state index in [1.54, 1.807) is 6.07 Å². The van der Waals surface area contributed by atoms with E-state index in [1.165, 1.54) is 6.92 Å². The summed E-state index contributed by atoms with van der Waals surface area (Å²) in [4.78, 5) is 42.5. The van der Waals surface area contributed by atoms with Crippen LogP contribution in [0.3, 0.4) is 0 Å². The molecule has 2 amide bonds. The lowest BCUT2D eigenvalue weighted by Crippen LogP contribution is -2.36. The smallest absolute Gasteiger partial charge is 0.239 e. The van der Waals surface area contributed by atoms with Crippen LogP contribution in [0, 0.1) is 6.92 Å². The zero-order valence-corrected chi connectivity index (χ0v) is 22.1. The van der Waals surface area contributed by atoms with E-state index < -0.39 is 0 Å². The van der Waals surface area contributed by atoms with E-state index in [1.807, 2.05) is 49.4 Å². The molecule has 1 saturated heterocycles. The predicted octanol–water partition coefficient (Wildman–Crippen LogP) is 2.54. The monoisotopic (exact) mass is 516 g/mol. The molecule has 200 valence electrons. The van der Waals surface area contributed by atoms with Crippen LogP contribution in [-0.2, 0) is 16.1 Å². The van der Waals surface area contributed by atoms with Gasteiger partial charge in [0.2, 0.25) is 11.8 Å². The molecule has 1 aromatic carbocycles. The van der Waals surface area contributed by atoms with Crippen LogP contribution in [0.1, 0.15) is 24.7 Å². The van der Waals surface area contributed by atoms with Gasteiger partial charge in [0.25, 0.3) is 0 Å². The van der Waals surface area contributed by atoms with E-state index in [0.29, 0.717) is 37.1 Å². The number of anilines is 2. The number of hydrogen-bond acceptors (Lipinski definition) is 8. The normalized spacial score (nSPS) is 14.5. The third-order valence-corrected chi connectivity index (χ3v) is 6.21. The van der Waals surface area contributed by atoms with E-state index in [0.717, 1.165) is 56.1 Å². The van der Waals surface area contributed by atoms with Gasteiger partial charge in [0.05, 0.1) is 12.2 Å². The molecule has 0 aliphatic carbocycles. The summed E-state index contributed by atoms with van der Waals surface area (Å²) in [6, 6.07) is 17.5. The second-order valence-corrected chi connectivity index (χ2v) is 9.46. The molecule has 1 fully saturated rings. The van der Waals surface area contributed by atoms with Gasteiger partial charge in [-0.15, -0.1) is 0 Å². The number of carbonyl (C=O) groups excluding carboxylic acids is 2. The van der Waals surface area contributed by atoms with Gasteiger partial charge in [-0.25, -0.2) is 9.97 Å². The molecule has 10 nitrogen and oxygen atoms in total. The van der Waals surface area contributed by atoms with Crippen molar-refractivity contribution in [2.75, 3.05) is 56.4 Å². The van der Waals surface area contributed by atoms with Crippen LogP contribution in [0.2, 0.25) is 0 Å². The Hall–Kier alpha value is -3.89. The first-order valence-corrected chi connectivity index (χ1v) is 13.0. The maximum absolute atomic E-state index is 13.0. The predicted molar refractivity (Wildman–Crippen MR) is 149 cm³/mol. The minimum Gasteiger partial charge on any atom is -0.368 e. The number of amides is 2. The number of nitrogens with one attached hydrogen (secondary N) is 3. The highest BCUT2D eigenvalue weighted by molar-refractivity contribution is 5.92. The summed E-state index contributed by atoms with van der Waals surface area (Å²) in [6.07, 6.45) is 0.993. The second kappa shape index (κ2) is 13.6. The quantitative estimate of drug-likeness (QED) is 0.352. The van der Waals surface area contributed by atoms with Crippen molar-refractivity contribution in [3.05, 3.63) is 66.0 Å². The van der Waals surface area contributed by atoms with Crippen LogP contribution in [0.4, 0.5) is 11.6 Å². The highest BCUT2D eigenvalue weighted by Gasteiger charge is 2.18. The summed E-state index contributed by atoms with van der Waals surface area (Å²) in [5.74, 6) is 1.33. The molecule has 0 spiro atoms. The maximum Gasteiger partial charge on any atom is 0.239 e. The van der Waals surface area contributed by atoms with Crippen LogP contribution < -0.4 is 16.0 Å². The Kier molecular flexibility index (Phi) is 9.71. The van der Waals surface area contributed by atoms with Crippen LogP contribution >= 0.6 is 0 Å². The Bertz CT molecular complexity index is 1220. The highest BCUT2D eigenvalue weighted by Crippen LogP contribution is 2.20. The molecule has 10 heteroatoms. The van der Waals surface area contributed by atoms with Crippen molar-refractivity contribution < 1.29 is 9.59 Å². The Balaban J connectivity index is 1.35. The first-order chi connectivity index (χ1) is 18.4. The van der Waals surface area contributed by atoms with E-state index in [-0.39, 0.29) is 11.8 Å². The van der Waals surface area contributed by atoms with Gasteiger partial charge in [0.15, 0.2) is 5.82 Å². The van der Waals surface area contributed by atoms with Gasteiger partial charge < -0.3 is 16.0 Å². The Morgan fingerprint density at radius 3 is 2.42 bits per heavy atom. The summed E-state index contributed by atoms with van der Waals surface area (Å²) in [5, 5.41) is 8.92. The number of hydrogen-bond donors (Lipinski definition) is 3. The molecule has 38 heavy (non-hydrogen) atoms. The van der Waals surface area contributed by atoms with Crippen molar-refractivity contribution >= 4 is 23.5 Å². The third-order valence-electron chi connectivity index (χ3n) is 6.21. The van der Waals surface area contributed by atoms with E-state index >= 15 is 0 Å². The molecule has 2 aromatic heterocycles. The largest absolute Gasteiger partial charge is 0.368 e. The lowest BCUT2D eigenvalue weighted by atomic mass is 10.2. The summed E-state index contributed by atoms with van der Waals surface area (Å²) >= 11 is 0. The topological polar surface area (TPSA) is 115 Å². The van der Waals surface area contributed by atoms with Crippen molar-refractivity contribution in [3.8, 4) is 11.4 Å². The number of pyridine rings is 1. The molecule has 0 bridgehead atoms. The maximum atomic E-state index is 13.0. The molecule has 3 aromatic rings. The number of aryl methyl sites for hydroxylation is 1. The van der Waals surface area contributed by atoms with Crippen LogP contribution in [-0.4, -0.2) is 82.4 Å². The van der Waals surface area contributed by atoms with Gasteiger partial charge in [0, 0.05) is 57.0 Å². The Morgan fingerprint density at radius 2 is 1.63 bits per heavy atom. The molecule has 1 aliphatic rings. The van der Waals surface area contributed by atoms with Crippen LogP contribution in [0.5, 0.6) is 0 Å². The lowest BCUT2D eigenvalue weighted by Gasteiger charge is -2.21. The van der Waals surface area contributed by atoms with Gasteiger partial charge in [-0.3, -0.25) is 24.4 Å². The van der Waals surface area contributed by atoms with Gasteiger partial charge in [-0.2, -0.15) is 0 Å². The fraction of sp³-hybridized carbons (Fsp3) is 0.393. The SMILES string of the molecule is CC(=O)NCCNc1cc(NC(=O)CN2CCCN(Cc3cccc(C)n3)CC2)nc(-c2ccccc2)n1. The number of carbonyl (C=O) groups is 2. The van der Waals surface area contributed by atoms with E-state index in [9.17, 15) is 9.59 Å². The van der Waals surface area contributed by atoms with Crippen LogP contribution in [0.25, 0.3) is 11.4 Å². The molecule has 0 atom stereocenters. The number of benzene rings is 1. The fourth-order valence-electron chi connectivity index (χ4n) is 4.39. The number of aromatic nitrogens is 3. The Morgan fingerprint density at radius 1 is 0.868 bits per heavy atom. The summed E-state index contributed by atoms with van der Waals surface area (Å²) in [7, 11) is 0. The first-order valence-electron chi connectivity index (χ1n) is 13.0. The number of nitrogens with zero attached hydrogens (tertiary/aromatic N) is 5. The highest BCUT2D eigenvalue weighted by atomic mass is 16.2. The Labute approximate surface area is 223 Å². The molecule has 0 unspecified atom stereocenters. The molecular weight excluding hydrogens is 480 g/mol. The van der Waals surface area contributed by atoms with E-state index in [4.69, 9.17) is 0 Å². The lowest BCUT2D eigenvalue weighted by molar-refractivity contribution is -0.119. The zero-order valence-electron chi connectivity index (χ0n) is 22.1. The molecule has 1 aliphatic heterocycles. The second-order valence-electron chi connectivity index (χ2n) is 9.46. The minimum absolute atomic E-state index is 0.0872. The third kappa shape index (κ3) is 8.60. The summed E-state index contributed by atoms with van der Waals surface area (Å²) in [6.45, 7) is 9.12. The summed E-state index contributed by atoms with van der Waals surface area (Å²) < 4.78 is 0. The first kappa shape index (κ1) is 27.2. The minimum atomic E-state index is -0.110.